The van der Waals surface area contributed by atoms with E-state index < -0.39 is 0 Å². The first-order valence-electron chi connectivity index (χ1n) is 14.5. The lowest BCUT2D eigenvalue weighted by molar-refractivity contribution is 0.476. The van der Waals surface area contributed by atoms with Crippen LogP contribution in [0.4, 0.5) is 0 Å². The Hall–Kier alpha value is -3.92. The number of aromatic hydroxyl groups is 1. The van der Waals surface area contributed by atoms with Gasteiger partial charge in [-0.3, -0.25) is 0 Å². The summed E-state index contributed by atoms with van der Waals surface area (Å²) in [5, 5.41) is 15.1. The van der Waals surface area contributed by atoms with Crippen molar-refractivity contribution in [2.75, 3.05) is 0 Å². The molecule has 0 aliphatic carbocycles. The Morgan fingerprint density at radius 2 is 1.20 bits per heavy atom. The molecule has 3 heteroatoms. The van der Waals surface area contributed by atoms with Gasteiger partial charge in [0.25, 0.3) is 0 Å². The van der Waals surface area contributed by atoms with Crippen molar-refractivity contribution >= 4 is 69.1 Å². The van der Waals surface area contributed by atoms with E-state index in [0.717, 1.165) is 17.5 Å². The van der Waals surface area contributed by atoms with Gasteiger partial charge in [0.05, 0.1) is 0 Å². The zero-order valence-electron chi connectivity index (χ0n) is 23.4. The molecule has 0 bridgehead atoms. The van der Waals surface area contributed by atoms with E-state index in [4.69, 9.17) is 0 Å². The zero-order valence-corrected chi connectivity index (χ0v) is 25.0. The monoisotopic (exact) mass is 568 g/mol. The van der Waals surface area contributed by atoms with Crippen LogP contribution in [-0.2, 0) is 6.42 Å². The number of phenols is 1. The third-order valence-electron chi connectivity index (χ3n) is 8.12. The number of hydrogen-bond donors (Lipinski definition) is 1. The van der Waals surface area contributed by atoms with Crippen molar-refractivity contribution in [1.29, 1.82) is 0 Å². The molecule has 0 amide bonds. The number of phenolic OH excluding ortho intramolecular Hbond substituents is 1. The summed E-state index contributed by atoms with van der Waals surface area (Å²) < 4.78 is 5.07. The Morgan fingerprint density at radius 1 is 0.610 bits per heavy atom. The fourth-order valence-electron chi connectivity index (χ4n) is 5.90. The van der Waals surface area contributed by atoms with Crippen molar-refractivity contribution < 1.29 is 5.11 Å². The van der Waals surface area contributed by atoms with Gasteiger partial charge in [-0.1, -0.05) is 93.4 Å². The minimum atomic E-state index is 0.320. The van der Waals surface area contributed by atoms with Crippen molar-refractivity contribution in [3.63, 3.8) is 0 Å². The molecule has 0 atom stereocenters. The highest BCUT2D eigenvalue weighted by Crippen LogP contribution is 2.40. The molecule has 7 aromatic rings. The van der Waals surface area contributed by atoms with Gasteiger partial charge in [0.15, 0.2) is 0 Å². The summed E-state index contributed by atoms with van der Waals surface area (Å²) in [7, 11) is 0. The van der Waals surface area contributed by atoms with Gasteiger partial charge in [-0.2, -0.15) is 0 Å². The van der Waals surface area contributed by atoms with Crippen LogP contribution in [0.1, 0.15) is 44.2 Å². The summed E-state index contributed by atoms with van der Waals surface area (Å²) in [6, 6.07) is 33.2. The van der Waals surface area contributed by atoms with Crippen LogP contribution in [0.2, 0.25) is 0 Å². The average Bonchev–Trinajstić information content (AvgIpc) is 3.55. The number of thiophene rings is 2. The molecule has 202 valence electrons. The van der Waals surface area contributed by atoms with Crippen LogP contribution >= 0.6 is 22.7 Å². The lowest BCUT2D eigenvalue weighted by Crippen LogP contribution is -1.89. The van der Waals surface area contributed by atoms with Gasteiger partial charge < -0.3 is 5.11 Å². The summed E-state index contributed by atoms with van der Waals surface area (Å²) >= 11 is 3.64. The number of fused-ring (bicyclic) bond motifs is 6. The van der Waals surface area contributed by atoms with E-state index in [0.29, 0.717) is 5.75 Å². The molecule has 1 nitrogen and oxygen atoms in total. The van der Waals surface area contributed by atoms with Gasteiger partial charge in [0.2, 0.25) is 0 Å². The predicted molar refractivity (Wildman–Crippen MR) is 183 cm³/mol. The molecule has 7 rings (SSSR count). The number of aryl methyl sites for hydroxylation is 1. The molecule has 2 heterocycles. The first-order chi connectivity index (χ1) is 20.1. The van der Waals surface area contributed by atoms with Crippen molar-refractivity contribution in [3.8, 4) is 28.0 Å². The fourth-order valence-corrected chi connectivity index (χ4v) is 8.27. The van der Waals surface area contributed by atoms with E-state index in [1.165, 1.54) is 81.9 Å². The molecule has 0 fully saturated rings. The zero-order chi connectivity index (χ0) is 27.9. The first kappa shape index (κ1) is 26.0. The Morgan fingerprint density at radius 3 is 1.93 bits per heavy atom. The molecule has 1 N–H and O–H groups in total. The Bertz CT molecular complexity index is 2090. The van der Waals surface area contributed by atoms with E-state index in [-0.39, 0.29) is 0 Å². The lowest BCUT2D eigenvalue weighted by atomic mass is 9.93. The average molecular weight is 569 g/mol. The van der Waals surface area contributed by atoms with Crippen molar-refractivity contribution in [3.05, 3.63) is 108 Å². The summed E-state index contributed by atoms with van der Waals surface area (Å²) in [6.45, 7) is 4.49. The summed E-state index contributed by atoms with van der Waals surface area (Å²) in [5.41, 5.74) is 7.73. The second-order valence-corrected chi connectivity index (χ2v) is 13.0. The van der Waals surface area contributed by atoms with E-state index in [2.05, 4.69) is 98.8 Å². The van der Waals surface area contributed by atoms with Crippen LogP contribution in [-0.4, -0.2) is 5.11 Å². The molecule has 0 radical (unpaired) electrons. The quantitative estimate of drug-likeness (QED) is 0.190. The number of unbranched alkanes of at least 4 members (excludes halogenated alkanes) is 2. The molecule has 2 aromatic heterocycles. The summed E-state index contributed by atoms with van der Waals surface area (Å²) in [6.07, 6.45) is 9.18. The van der Waals surface area contributed by atoms with Crippen LogP contribution in [0.25, 0.3) is 68.7 Å². The summed E-state index contributed by atoms with van der Waals surface area (Å²) in [5.74, 6) is 0.320. The number of allylic oxidation sites excluding steroid dienone is 1. The van der Waals surface area contributed by atoms with E-state index >= 15 is 0 Å². The van der Waals surface area contributed by atoms with Gasteiger partial charge in [-0.05, 0) is 82.6 Å². The molecule has 0 spiro atoms. The van der Waals surface area contributed by atoms with Gasteiger partial charge in [-0.25, -0.2) is 0 Å². The van der Waals surface area contributed by atoms with Gasteiger partial charge in [0, 0.05) is 40.3 Å². The van der Waals surface area contributed by atoms with Gasteiger partial charge in [0.1, 0.15) is 5.75 Å². The van der Waals surface area contributed by atoms with Crippen LogP contribution in [0.3, 0.4) is 0 Å². The predicted octanol–water partition coefficient (Wildman–Crippen LogP) is 12.2. The molecule has 0 saturated carbocycles. The fraction of sp³-hybridized carbons (Fsp3) is 0.158. The number of hydrogen-bond acceptors (Lipinski definition) is 3. The Labute approximate surface area is 249 Å². The Balaban J connectivity index is 1.23. The van der Waals surface area contributed by atoms with Crippen LogP contribution in [0.5, 0.6) is 5.75 Å². The first-order valence-corrected chi connectivity index (χ1v) is 16.2. The smallest absolute Gasteiger partial charge is 0.117 e. The SMILES string of the molecule is CCCC/C=C/c1ccc2c(c1)sc1cc(-c3ccc(-c4ccc5c(c4)sc4cc(O)ccc45)cc3CC)ccc12. The molecule has 0 saturated heterocycles. The molecular weight excluding hydrogens is 537 g/mol. The third-order valence-corrected chi connectivity index (χ3v) is 10.4. The number of benzene rings is 5. The number of rotatable bonds is 7. The van der Waals surface area contributed by atoms with E-state index in [1.807, 2.05) is 23.5 Å². The standard InChI is InChI=1S/C38H32OS2/c1-3-5-6-7-8-24-9-14-31-33-17-12-28(22-37(33)40-35(31)19-24)30-15-10-26(20-25(30)4-2)27-11-16-32-34-18-13-29(39)23-38(34)41-36(32)21-27/h7-23,39H,3-6H2,1-2H3/b8-7+. The maximum absolute atomic E-state index is 9.92. The second kappa shape index (κ2) is 10.8. The van der Waals surface area contributed by atoms with Crippen molar-refractivity contribution in [2.45, 2.75) is 39.5 Å². The molecule has 41 heavy (non-hydrogen) atoms. The van der Waals surface area contributed by atoms with Crippen LogP contribution in [0, 0.1) is 0 Å². The summed E-state index contributed by atoms with van der Waals surface area (Å²) in [4.78, 5) is 0. The maximum Gasteiger partial charge on any atom is 0.117 e. The lowest BCUT2D eigenvalue weighted by Gasteiger charge is -2.12. The minimum Gasteiger partial charge on any atom is -0.508 e. The highest BCUT2D eigenvalue weighted by molar-refractivity contribution is 7.26. The highest BCUT2D eigenvalue weighted by Gasteiger charge is 2.12. The molecule has 0 aliphatic rings. The topological polar surface area (TPSA) is 20.2 Å². The van der Waals surface area contributed by atoms with Crippen LogP contribution < -0.4 is 0 Å². The molecular formula is C38H32OS2. The van der Waals surface area contributed by atoms with Gasteiger partial charge >= 0.3 is 0 Å². The van der Waals surface area contributed by atoms with E-state index in [9.17, 15) is 5.11 Å². The van der Waals surface area contributed by atoms with Crippen molar-refractivity contribution in [2.24, 2.45) is 0 Å². The molecule has 5 aromatic carbocycles. The minimum absolute atomic E-state index is 0.320. The largest absolute Gasteiger partial charge is 0.508 e. The normalized spacial score (nSPS) is 12.0. The Kier molecular flexibility index (Phi) is 6.86. The maximum atomic E-state index is 9.92. The van der Waals surface area contributed by atoms with Gasteiger partial charge in [-0.15, -0.1) is 22.7 Å². The van der Waals surface area contributed by atoms with Crippen molar-refractivity contribution in [1.82, 2.24) is 0 Å². The third kappa shape index (κ3) is 4.84. The second-order valence-electron chi connectivity index (χ2n) is 10.8. The molecule has 0 unspecified atom stereocenters. The van der Waals surface area contributed by atoms with Crippen LogP contribution in [0.15, 0.2) is 97.1 Å². The highest BCUT2D eigenvalue weighted by atomic mass is 32.1. The molecule has 0 aliphatic heterocycles. The van der Waals surface area contributed by atoms with E-state index in [1.54, 1.807) is 17.4 Å².